The molecule has 2 unspecified atom stereocenters. The van der Waals surface area contributed by atoms with Crippen molar-refractivity contribution in [1.82, 2.24) is 10.6 Å². The molecule has 2 saturated heterocycles. The lowest BCUT2D eigenvalue weighted by Crippen LogP contribution is -2.52. The minimum Gasteiger partial charge on any atom is -0.381 e. The Morgan fingerprint density at radius 1 is 1.12 bits per heavy atom. The Morgan fingerprint density at radius 2 is 1.81 bits per heavy atom. The number of nitrogens with one attached hydrogen (secondary N) is 2. The van der Waals surface area contributed by atoms with Crippen LogP contribution in [0.25, 0.3) is 0 Å². The molecule has 0 aromatic heterocycles. The van der Waals surface area contributed by atoms with Gasteiger partial charge in [-0.15, -0.1) is 0 Å². The molecule has 96 valence electrons. The van der Waals surface area contributed by atoms with E-state index in [2.05, 4.69) is 17.6 Å². The third-order valence-corrected chi connectivity index (χ3v) is 3.32. The highest BCUT2D eigenvalue weighted by molar-refractivity contribution is 4.79. The molecule has 2 rings (SSSR count). The lowest BCUT2D eigenvalue weighted by atomic mass is 9.97. The highest BCUT2D eigenvalue weighted by atomic mass is 16.5. The number of hydrogen-bond donors (Lipinski definition) is 2. The van der Waals surface area contributed by atoms with Gasteiger partial charge in [0.25, 0.3) is 0 Å². The van der Waals surface area contributed by atoms with Crippen molar-refractivity contribution in [2.75, 3.05) is 19.8 Å². The molecule has 2 aliphatic heterocycles. The molecule has 0 saturated carbocycles. The average Bonchev–Trinajstić information content (AvgIpc) is 2.33. The third kappa shape index (κ3) is 4.81. The van der Waals surface area contributed by atoms with Crippen LogP contribution in [0.1, 0.15) is 46.5 Å². The standard InChI is InChI=1S/C11H22N2O.C2H6/c1-9-2-5-12-11(8-9)13-10-3-6-14-7-4-10;1-2/h9-13H,2-8H2,1H3;1-2H3. The first-order valence-corrected chi connectivity index (χ1v) is 6.92. The molecule has 0 aliphatic carbocycles. The van der Waals surface area contributed by atoms with E-state index in [1.54, 1.807) is 0 Å². The lowest BCUT2D eigenvalue weighted by molar-refractivity contribution is 0.0707. The van der Waals surface area contributed by atoms with Crippen LogP contribution in [0, 0.1) is 5.92 Å². The number of piperidine rings is 1. The van der Waals surface area contributed by atoms with Crippen molar-refractivity contribution in [2.45, 2.75) is 58.7 Å². The Kier molecular flexibility index (Phi) is 7.01. The summed E-state index contributed by atoms with van der Waals surface area (Å²) >= 11 is 0. The smallest absolute Gasteiger partial charge is 0.0576 e. The Bertz CT molecular complexity index is 169. The molecule has 3 nitrogen and oxygen atoms in total. The van der Waals surface area contributed by atoms with E-state index in [4.69, 9.17) is 4.74 Å². The van der Waals surface area contributed by atoms with Crippen LogP contribution in [-0.2, 0) is 4.74 Å². The molecule has 16 heavy (non-hydrogen) atoms. The maximum atomic E-state index is 5.35. The molecule has 0 aromatic rings. The second-order valence-electron chi connectivity index (χ2n) is 4.69. The van der Waals surface area contributed by atoms with Crippen molar-refractivity contribution in [1.29, 1.82) is 0 Å². The maximum Gasteiger partial charge on any atom is 0.0576 e. The summed E-state index contributed by atoms with van der Waals surface area (Å²) in [6.45, 7) is 9.38. The van der Waals surface area contributed by atoms with Crippen molar-refractivity contribution in [3.63, 3.8) is 0 Å². The van der Waals surface area contributed by atoms with Crippen LogP contribution in [0.15, 0.2) is 0 Å². The molecule has 2 N–H and O–H groups in total. The minimum atomic E-state index is 0.543. The van der Waals surface area contributed by atoms with E-state index in [1.807, 2.05) is 13.8 Å². The summed E-state index contributed by atoms with van der Waals surface area (Å²) in [6.07, 6.45) is 5.49. The topological polar surface area (TPSA) is 33.3 Å². The quantitative estimate of drug-likeness (QED) is 0.759. The fourth-order valence-corrected chi connectivity index (χ4v) is 2.38. The minimum absolute atomic E-state index is 0.543. The van der Waals surface area contributed by atoms with Gasteiger partial charge in [0.15, 0.2) is 0 Å². The van der Waals surface area contributed by atoms with Crippen molar-refractivity contribution < 1.29 is 4.74 Å². The SMILES string of the molecule is CC.CC1CCNC(NC2CCOCC2)C1. The van der Waals surface area contributed by atoms with Crippen LogP contribution >= 0.6 is 0 Å². The van der Waals surface area contributed by atoms with Gasteiger partial charge in [-0.25, -0.2) is 0 Å². The molecule has 2 heterocycles. The van der Waals surface area contributed by atoms with Gasteiger partial charge in [0.05, 0.1) is 6.17 Å². The van der Waals surface area contributed by atoms with Crippen LogP contribution in [0.3, 0.4) is 0 Å². The monoisotopic (exact) mass is 228 g/mol. The molecule has 0 radical (unpaired) electrons. The van der Waals surface area contributed by atoms with Gasteiger partial charge in [-0.1, -0.05) is 20.8 Å². The molecule has 0 bridgehead atoms. The largest absolute Gasteiger partial charge is 0.381 e. The normalized spacial score (nSPS) is 31.7. The van der Waals surface area contributed by atoms with Gasteiger partial charge in [0, 0.05) is 19.3 Å². The molecule has 3 heteroatoms. The number of ether oxygens (including phenoxy) is 1. The zero-order valence-electron chi connectivity index (χ0n) is 11.1. The number of rotatable bonds is 2. The summed E-state index contributed by atoms with van der Waals surface area (Å²) in [6, 6.07) is 0.673. The zero-order valence-corrected chi connectivity index (χ0v) is 11.1. The van der Waals surface area contributed by atoms with Gasteiger partial charge in [-0.2, -0.15) is 0 Å². The van der Waals surface area contributed by atoms with E-state index in [-0.39, 0.29) is 0 Å². The molecule has 2 atom stereocenters. The van der Waals surface area contributed by atoms with Crippen molar-refractivity contribution >= 4 is 0 Å². The third-order valence-electron chi connectivity index (χ3n) is 3.32. The second kappa shape index (κ2) is 8.04. The molecule has 0 aromatic carbocycles. The van der Waals surface area contributed by atoms with E-state index in [9.17, 15) is 0 Å². The molecular formula is C13H28N2O. The maximum absolute atomic E-state index is 5.35. The summed E-state index contributed by atoms with van der Waals surface area (Å²) in [5.41, 5.74) is 0. The van der Waals surface area contributed by atoms with Gasteiger partial charge < -0.3 is 10.1 Å². The fraction of sp³-hybridized carbons (Fsp3) is 1.00. The van der Waals surface area contributed by atoms with E-state index < -0.39 is 0 Å². The summed E-state index contributed by atoms with van der Waals surface area (Å²) in [5, 5.41) is 7.24. The summed E-state index contributed by atoms with van der Waals surface area (Å²) in [4.78, 5) is 0. The Balaban J connectivity index is 0.000000606. The zero-order chi connectivity index (χ0) is 11.8. The van der Waals surface area contributed by atoms with Crippen molar-refractivity contribution in [3.05, 3.63) is 0 Å². The molecule has 2 fully saturated rings. The molecule has 2 aliphatic rings. The lowest BCUT2D eigenvalue weighted by Gasteiger charge is -2.33. The number of hydrogen-bond acceptors (Lipinski definition) is 3. The van der Waals surface area contributed by atoms with E-state index in [0.29, 0.717) is 12.2 Å². The van der Waals surface area contributed by atoms with Crippen molar-refractivity contribution in [3.8, 4) is 0 Å². The molecule has 0 spiro atoms. The van der Waals surface area contributed by atoms with Crippen LogP contribution in [0.5, 0.6) is 0 Å². The predicted octanol–water partition coefficient (Wildman–Crippen LogP) is 2.13. The van der Waals surface area contributed by atoms with Gasteiger partial charge in [-0.3, -0.25) is 5.32 Å². The van der Waals surface area contributed by atoms with Gasteiger partial charge >= 0.3 is 0 Å². The average molecular weight is 228 g/mol. The Morgan fingerprint density at radius 3 is 2.44 bits per heavy atom. The van der Waals surface area contributed by atoms with E-state index in [0.717, 1.165) is 19.1 Å². The van der Waals surface area contributed by atoms with Crippen molar-refractivity contribution in [2.24, 2.45) is 5.92 Å². The van der Waals surface area contributed by atoms with E-state index in [1.165, 1.54) is 32.2 Å². The summed E-state index contributed by atoms with van der Waals surface area (Å²) in [7, 11) is 0. The highest BCUT2D eigenvalue weighted by Gasteiger charge is 2.22. The first-order valence-electron chi connectivity index (χ1n) is 6.92. The van der Waals surface area contributed by atoms with Gasteiger partial charge in [-0.05, 0) is 38.1 Å². The van der Waals surface area contributed by atoms with E-state index >= 15 is 0 Å². The van der Waals surface area contributed by atoms with Crippen LogP contribution in [0.2, 0.25) is 0 Å². The first-order chi connectivity index (χ1) is 7.84. The highest BCUT2D eigenvalue weighted by Crippen LogP contribution is 2.15. The second-order valence-corrected chi connectivity index (χ2v) is 4.69. The Labute approximate surface area is 100 Å². The summed E-state index contributed by atoms with van der Waals surface area (Å²) in [5.74, 6) is 0.869. The van der Waals surface area contributed by atoms with Crippen LogP contribution in [0.4, 0.5) is 0 Å². The Hall–Kier alpha value is -0.120. The van der Waals surface area contributed by atoms with Gasteiger partial charge in [0.2, 0.25) is 0 Å². The van der Waals surface area contributed by atoms with Crippen LogP contribution < -0.4 is 10.6 Å². The predicted molar refractivity (Wildman–Crippen MR) is 68.5 cm³/mol. The fourth-order valence-electron chi connectivity index (χ4n) is 2.38. The summed E-state index contributed by atoms with van der Waals surface area (Å²) < 4.78 is 5.35. The molecular weight excluding hydrogens is 200 g/mol. The van der Waals surface area contributed by atoms with Gasteiger partial charge in [0.1, 0.15) is 0 Å². The molecule has 0 amide bonds. The first kappa shape index (κ1) is 13.9. The van der Waals surface area contributed by atoms with Crippen LogP contribution in [-0.4, -0.2) is 32.0 Å².